The fourth-order valence-electron chi connectivity index (χ4n) is 3.46. The average molecular weight is 487 g/mol. The van der Waals surface area contributed by atoms with Gasteiger partial charge in [-0.25, -0.2) is 8.42 Å². The van der Waals surface area contributed by atoms with Crippen molar-refractivity contribution in [3.05, 3.63) is 94.5 Å². The number of carbonyl (C=O) groups is 1. The number of nitrogens with one attached hydrogen (secondary N) is 2. The van der Waals surface area contributed by atoms with Crippen molar-refractivity contribution in [3.63, 3.8) is 0 Å². The van der Waals surface area contributed by atoms with E-state index in [1.807, 2.05) is 49.4 Å². The number of hydrogen-bond acceptors (Lipinski definition) is 4. The van der Waals surface area contributed by atoms with E-state index in [4.69, 9.17) is 16.3 Å². The maximum atomic E-state index is 13.2. The van der Waals surface area contributed by atoms with Gasteiger partial charge in [0.1, 0.15) is 11.8 Å². The molecule has 1 amide bonds. The molecule has 0 saturated heterocycles. The van der Waals surface area contributed by atoms with E-state index in [1.165, 1.54) is 19.2 Å². The van der Waals surface area contributed by atoms with Gasteiger partial charge in [-0.15, -0.1) is 0 Å². The summed E-state index contributed by atoms with van der Waals surface area (Å²) in [6.07, 6.45) is 0.203. The molecule has 0 saturated carbocycles. The second-order valence-corrected chi connectivity index (χ2v) is 9.93. The smallest absolute Gasteiger partial charge is 0.241 e. The van der Waals surface area contributed by atoms with Crippen molar-refractivity contribution in [2.75, 3.05) is 7.11 Å². The zero-order valence-electron chi connectivity index (χ0n) is 18.7. The molecule has 2 N–H and O–H groups in total. The number of ether oxygens (including phenoxy) is 1. The summed E-state index contributed by atoms with van der Waals surface area (Å²) < 4.78 is 34.1. The van der Waals surface area contributed by atoms with Gasteiger partial charge in [-0.3, -0.25) is 4.79 Å². The third kappa shape index (κ3) is 6.57. The van der Waals surface area contributed by atoms with E-state index in [0.717, 1.165) is 11.1 Å². The van der Waals surface area contributed by atoms with E-state index < -0.39 is 22.0 Å². The summed E-state index contributed by atoms with van der Waals surface area (Å²) >= 11 is 5.95. The maximum Gasteiger partial charge on any atom is 0.241 e. The van der Waals surface area contributed by atoms with Crippen LogP contribution in [0.1, 0.15) is 29.7 Å². The molecule has 0 aromatic heterocycles. The van der Waals surface area contributed by atoms with Gasteiger partial charge in [-0.1, -0.05) is 54.1 Å². The molecule has 0 aliphatic heterocycles. The zero-order valence-corrected chi connectivity index (χ0v) is 20.3. The van der Waals surface area contributed by atoms with Crippen LogP contribution >= 0.6 is 11.6 Å². The molecule has 0 heterocycles. The van der Waals surface area contributed by atoms with Gasteiger partial charge in [0.2, 0.25) is 15.9 Å². The first-order valence-electron chi connectivity index (χ1n) is 10.5. The highest BCUT2D eigenvalue weighted by Crippen LogP contribution is 2.22. The van der Waals surface area contributed by atoms with E-state index in [9.17, 15) is 13.2 Å². The molecule has 174 valence electrons. The van der Waals surface area contributed by atoms with Crippen LogP contribution < -0.4 is 14.8 Å². The Morgan fingerprint density at radius 2 is 1.70 bits per heavy atom. The molecule has 0 unspecified atom stereocenters. The number of rotatable bonds is 9. The number of carbonyl (C=O) groups excluding carboxylic acids is 1. The number of amides is 1. The van der Waals surface area contributed by atoms with Crippen molar-refractivity contribution in [3.8, 4) is 5.75 Å². The van der Waals surface area contributed by atoms with E-state index in [-0.39, 0.29) is 17.4 Å². The fourth-order valence-corrected chi connectivity index (χ4v) is 4.87. The van der Waals surface area contributed by atoms with Gasteiger partial charge in [-0.2, -0.15) is 4.72 Å². The second kappa shape index (κ2) is 10.8. The van der Waals surface area contributed by atoms with Gasteiger partial charge < -0.3 is 10.1 Å². The van der Waals surface area contributed by atoms with Crippen molar-refractivity contribution < 1.29 is 17.9 Å². The van der Waals surface area contributed by atoms with Crippen molar-refractivity contribution in [1.82, 2.24) is 10.0 Å². The molecule has 8 heteroatoms. The summed E-state index contributed by atoms with van der Waals surface area (Å²) in [6.45, 7) is 3.60. The number of halogens is 1. The Morgan fingerprint density at radius 1 is 1.03 bits per heavy atom. The summed E-state index contributed by atoms with van der Waals surface area (Å²) in [5.74, 6) is 0.166. The summed E-state index contributed by atoms with van der Waals surface area (Å²) in [6, 6.07) is 19.7. The molecular weight excluding hydrogens is 460 g/mol. The van der Waals surface area contributed by atoms with Gasteiger partial charge in [0, 0.05) is 5.02 Å². The monoisotopic (exact) mass is 486 g/mol. The first kappa shape index (κ1) is 24.8. The minimum atomic E-state index is -3.96. The Balaban J connectivity index is 1.84. The molecule has 0 spiro atoms. The Morgan fingerprint density at radius 3 is 2.30 bits per heavy atom. The molecule has 0 bridgehead atoms. The molecule has 3 aromatic carbocycles. The lowest BCUT2D eigenvalue weighted by Crippen LogP contribution is -2.48. The summed E-state index contributed by atoms with van der Waals surface area (Å²) in [5.41, 5.74) is 2.38. The quantitative estimate of drug-likeness (QED) is 0.468. The highest BCUT2D eigenvalue weighted by molar-refractivity contribution is 7.89. The Kier molecular flexibility index (Phi) is 8.13. The van der Waals surface area contributed by atoms with Crippen LogP contribution in [0.25, 0.3) is 0 Å². The van der Waals surface area contributed by atoms with Crippen LogP contribution in [-0.4, -0.2) is 27.5 Å². The van der Waals surface area contributed by atoms with Gasteiger partial charge in [0.05, 0.1) is 18.0 Å². The molecule has 0 fully saturated rings. The van der Waals surface area contributed by atoms with Crippen LogP contribution in [0.5, 0.6) is 5.75 Å². The molecule has 0 radical (unpaired) electrons. The molecule has 3 rings (SSSR count). The van der Waals surface area contributed by atoms with Crippen LogP contribution in [0.2, 0.25) is 5.02 Å². The Hall–Kier alpha value is -2.87. The third-order valence-corrected chi connectivity index (χ3v) is 7.02. The number of methoxy groups -OCH3 is 1. The predicted molar refractivity (Wildman–Crippen MR) is 130 cm³/mol. The summed E-state index contributed by atoms with van der Waals surface area (Å²) in [7, 11) is -2.44. The van der Waals surface area contributed by atoms with Crippen molar-refractivity contribution in [1.29, 1.82) is 0 Å². The first-order chi connectivity index (χ1) is 15.7. The topological polar surface area (TPSA) is 84.5 Å². The molecule has 2 atom stereocenters. The lowest BCUT2D eigenvalue weighted by atomic mass is 10.0. The lowest BCUT2D eigenvalue weighted by Gasteiger charge is -2.22. The average Bonchev–Trinajstić information content (AvgIpc) is 2.79. The normalized spacial score (nSPS) is 13.2. The van der Waals surface area contributed by atoms with E-state index >= 15 is 0 Å². The zero-order chi connectivity index (χ0) is 24.0. The fraction of sp³-hybridized carbons (Fsp3) is 0.240. The Labute approximate surface area is 200 Å². The number of hydrogen-bond donors (Lipinski definition) is 2. The molecule has 33 heavy (non-hydrogen) atoms. The highest BCUT2D eigenvalue weighted by Gasteiger charge is 2.27. The van der Waals surface area contributed by atoms with Gasteiger partial charge in [0.25, 0.3) is 0 Å². The molecular formula is C25H27ClN2O4S. The minimum Gasteiger partial charge on any atom is -0.496 e. The summed E-state index contributed by atoms with van der Waals surface area (Å²) in [4.78, 5) is 13.3. The van der Waals surface area contributed by atoms with Gasteiger partial charge >= 0.3 is 0 Å². The van der Waals surface area contributed by atoms with Crippen molar-refractivity contribution in [2.45, 2.75) is 37.2 Å². The molecule has 3 aromatic rings. The SMILES string of the molecule is COc1ccc(S(=O)(=O)N[C@@H](Cc2ccccc2)C(=O)N[C@@H](C)c2ccc(Cl)cc2)cc1C. The van der Waals surface area contributed by atoms with Crippen molar-refractivity contribution in [2.24, 2.45) is 0 Å². The molecule has 0 aliphatic rings. The van der Waals surface area contributed by atoms with Crippen LogP contribution in [0.4, 0.5) is 0 Å². The largest absolute Gasteiger partial charge is 0.496 e. The second-order valence-electron chi connectivity index (χ2n) is 7.78. The van der Waals surface area contributed by atoms with Crippen molar-refractivity contribution >= 4 is 27.5 Å². The van der Waals surface area contributed by atoms with E-state index in [0.29, 0.717) is 16.3 Å². The minimum absolute atomic E-state index is 0.0670. The highest BCUT2D eigenvalue weighted by atomic mass is 35.5. The maximum absolute atomic E-state index is 13.2. The van der Waals surface area contributed by atoms with Gasteiger partial charge in [0.15, 0.2) is 0 Å². The van der Waals surface area contributed by atoms with Crippen LogP contribution in [0.3, 0.4) is 0 Å². The van der Waals surface area contributed by atoms with E-state index in [2.05, 4.69) is 10.0 Å². The molecule has 0 aliphatic carbocycles. The van der Waals surface area contributed by atoms with E-state index in [1.54, 1.807) is 25.1 Å². The van der Waals surface area contributed by atoms with Crippen LogP contribution in [0.15, 0.2) is 77.7 Å². The van der Waals surface area contributed by atoms with Gasteiger partial charge in [-0.05, 0) is 67.3 Å². The Bertz CT molecular complexity index is 1200. The standard InChI is InChI=1S/C25H27ClN2O4S/c1-17-15-22(13-14-24(17)32-3)33(30,31)28-23(16-19-7-5-4-6-8-19)25(29)27-18(2)20-9-11-21(26)12-10-20/h4-15,18,23,28H,16H2,1-3H3,(H,27,29)/t18-,23-/m0/s1. The lowest BCUT2D eigenvalue weighted by molar-refractivity contribution is -0.123. The number of aryl methyl sites for hydroxylation is 1. The van der Waals surface area contributed by atoms with Crippen LogP contribution in [0, 0.1) is 6.92 Å². The third-order valence-electron chi connectivity index (χ3n) is 5.30. The predicted octanol–water partition coefficient (Wildman–Crippen LogP) is 4.42. The van der Waals surface area contributed by atoms with Crippen LogP contribution in [-0.2, 0) is 21.2 Å². The summed E-state index contributed by atoms with van der Waals surface area (Å²) in [5, 5.41) is 3.51. The molecule has 6 nitrogen and oxygen atoms in total. The number of sulfonamides is 1. The number of benzene rings is 3. The first-order valence-corrected chi connectivity index (χ1v) is 12.3.